The lowest BCUT2D eigenvalue weighted by Crippen LogP contribution is -2.61. The van der Waals surface area contributed by atoms with Gasteiger partial charge in [-0.3, -0.25) is 9.80 Å². The van der Waals surface area contributed by atoms with E-state index in [2.05, 4.69) is 232 Å². The number of thiophene rings is 2. The van der Waals surface area contributed by atoms with Gasteiger partial charge in [-0.1, -0.05) is 135 Å². The summed E-state index contributed by atoms with van der Waals surface area (Å²) < 4.78 is 17.6. The number of rotatable bonds is 4. The molecule has 2 aliphatic heterocycles. The summed E-state index contributed by atoms with van der Waals surface area (Å²) in [6.07, 6.45) is 0. The summed E-state index contributed by atoms with van der Waals surface area (Å²) in [7, 11) is 0. The fourth-order valence-electron chi connectivity index (χ4n) is 12.2. The van der Waals surface area contributed by atoms with E-state index in [0.717, 1.165) is 56.5 Å². The second-order valence-corrected chi connectivity index (χ2v) is 25.8. The molecule has 0 fully saturated rings. The summed E-state index contributed by atoms with van der Waals surface area (Å²) in [5.74, 6) is 1.74. The molecule has 7 aromatic carbocycles. The van der Waals surface area contributed by atoms with Crippen molar-refractivity contribution in [2.45, 2.75) is 106 Å². The molecule has 2 aliphatic rings. The maximum absolute atomic E-state index is 7.52. The van der Waals surface area contributed by atoms with Crippen LogP contribution in [0.2, 0.25) is 0 Å². The lowest BCUT2D eigenvalue weighted by molar-refractivity contribution is 0.587. The highest BCUT2D eigenvalue weighted by Crippen LogP contribution is 2.53. The Kier molecular flexibility index (Phi) is 10.00. The molecule has 0 saturated heterocycles. The second-order valence-electron chi connectivity index (χ2n) is 23.9. The molecule has 7 heteroatoms. The van der Waals surface area contributed by atoms with Gasteiger partial charge in [0.1, 0.15) is 11.2 Å². The van der Waals surface area contributed by atoms with Crippen molar-refractivity contribution >= 4 is 122 Å². The van der Waals surface area contributed by atoms with Crippen LogP contribution in [0.5, 0.6) is 0 Å². The molecule has 0 N–H and O–H groups in total. The Morgan fingerprint density at radius 2 is 0.822 bits per heavy atom. The smallest absolute Gasteiger partial charge is 0.262 e. The molecule has 0 unspecified atom stereocenters. The van der Waals surface area contributed by atoms with Crippen LogP contribution in [0.15, 0.2) is 141 Å². The molecule has 0 bridgehead atoms. The van der Waals surface area contributed by atoms with E-state index in [1.54, 1.807) is 0 Å². The standard InChI is InChI=1S/C66H61BN2O2S2/c1-36-22-26-43(49-34-72-55-20-16-14-18-45(49)55)38(3)60(36)68-51-32-42(66(11,12)13)33-52-59(51)67(57-47-30-40(64(5,6)7)24-28-53(47)70-62(57)68)58-48-31-41(65(8,9)10)25-29-54(48)71-63(58)69(52)61-37(2)23-27-44(39(61)4)50-35-73-56-21-17-15-19-46(50)56/h14-35H,1-13H3. The molecule has 13 rings (SSSR count). The van der Waals surface area contributed by atoms with Gasteiger partial charge >= 0.3 is 0 Å². The summed E-state index contributed by atoms with van der Waals surface area (Å²) in [4.78, 5) is 5.05. The predicted octanol–water partition coefficient (Wildman–Crippen LogP) is 18.2. The van der Waals surface area contributed by atoms with Crippen molar-refractivity contribution in [1.29, 1.82) is 0 Å². The highest BCUT2D eigenvalue weighted by atomic mass is 32.1. The summed E-state index contributed by atoms with van der Waals surface area (Å²) in [6, 6.07) is 45.8. The third kappa shape index (κ3) is 6.84. The van der Waals surface area contributed by atoms with Crippen LogP contribution < -0.4 is 26.2 Å². The average Bonchev–Trinajstić information content (AvgIpc) is 4.15. The Morgan fingerprint density at radius 3 is 1.23 bits per heavy atom. The molecule has 0 aliphatic carbocycles. The summed E-state index contributed by atoms with van der Waals surface area (Å²) in [6.45, 7) is 29.9. The lowest BCUT2D eigenvalue weighted by atomic mass is 9.33. The van der Waals surface area contributed by atoms with Crippen molar-refractivity contribution in [3.8, 4) is 22.3 Å². The number of anilines is 6. The van der Waals surface area contributed by atoms with Crippen molar-refractivity contribution in [3.05, 3.63) is 171 Å². The number of nitrogens with zero attached hydrogens (tertiary/aromatic N) is 2. The fourth-order valence-corrected chi connectivity index (χ4v) is 14.1. The predicted molar refractivity (Wildman–Crippen MR) is 317 cm³/mol. The third-order valence-corrected chi connectivity index (χ3v) is 18.1. The van der Waals surface area contributed by atoms with E-state index in [1.807, 2.05) is 22.7 Å². The van der Waals surface area contributed by atoms with E-state index in [4.69, 9.17) is 8.83 Å². The molecule has 0 amide bonds. The largest absolute Gasteiger partial charge is 0.440 e. The van der Waals surface area contributed by atoms with Crippen LogP contribution in [-0.4, -0.2) is 6.71 Å². The molecule has 0 radical (unpaired) electrons. The second kappa shape index (κ2) is 15.9. The molecule has 0 atom stereocenters. The normalized spacial score (nSPS) is 13.7. The zero-order valence-corrected chi connectivity index (χ0v) is 45.9. The Morgan fingerprint density at radius 1 is 0.411 bits per heavy atom. The minimum Gasteiger partial charge on any atom is -0.440 e. The minimum atomic E-state index is -0.223. The molecule has 6 heterocycles. The van der Waals surface area contributed by atoms with Gasteiger partial charge in [-0.15, -0.1) is 22.7 Å². The first kappa shape index (κ1) is 46.0. The van der Waals surface area contributed by atoms with Crippen LogP contribution >= 0.6 is 22.7 Å². The van der Waals surface area contributed by atoms with E-state index >= 15 is 0 Å². The number of benzene rings is 7. The number of furan rings is 2. The maximum Gasteiger partial charge on any atom is 0.262 e. The molecular weight excluding hydrogens is 928 g/mol. The first-order valence-corrected chi connectivity index (χ1v) is 27.6. The van der Waals surface area contributed by atoms with Gasteiger partial charge in [0.15, 0.2) is 0 Å². The van der Waals surface area contributed by atoms with Crippen LogP contribution in [-0.2, 0) is 16.2 Å². The molecule has 362 valence electrons. The van der Waals surface area contributed by atoms with Gasteiger partial charge in [-0.25, -0.2) is 0 Å². The van der Waals surface area contributed by atoms with Crippen LogP contribution in [0.3, 0.4) is 0 Å². The lowest BCUT2D eigenvalue weighted by Gasteiger charge is -2.43. The molecule has 73 heavy (non-hydrogen) atoms. The first-order chi connectivity index (χ1) is 34.8. The van der Waals surface area contributed by atoms with Gasteiger partial charge < -0.3 is 8.83 Å². The summed E-state index contributed by atoms with van der Waals surface area (Å²) >= 11 is 3.63. The molecule has 4 nitrogen and oxygen atoms in total. The highest BCUT2D eigenvalue weighted by molar-refractivity contribution is 7.18. The fraction of sp³-hybridized carbons (Fsp3) is 0.242. The van der Waals surface area contributed by atoms with Gasteiger partial charge in [0, 0.05) is 64.4 Å². The zero-order chi connectivity index (χ0) is 50.8. The van der Waals surface area contributed by atoms with Crippen molar-refractivity contribution in [1.82, 2.24) is 0 Å². The molecule has 4 aromatic heterocycles. The third-order valence-electron chi connectivity index (χ3n) is 16.2. The van der Waals surface area contributed by atoms with Crippen LogP contribution in [0.4, 0.5) is 34.5 Å². The Balaban J connectivity index is 1.20. The summed E-state index contributed by atoms with van der Waals surface area (Å²) in [5.41, 5.74) is 23.2. The van der Waals surface area contributed by atoms with Gasteiger partial charge in [0.25, 0.3) is 6.71 Å². The van der Waals surface area contributed by atoms with E-state index in [0.29, 0.717) is 0 Å². The number of aryl methyl sites for hydroxylation is 2. The molecule has 0 spiro atoms. The average molecular weight is 989 g/mol. The first-order valence-electron chi connectivity index (χ1n) is 25.8. The van der Waals surface area contributed by atoms with Crippen molar-refractivity contribution in [3.63, 3.8) is 0 Å². The van der Waals surface area contributed by atoms with Gasteiger partial charge in [-0.2, -0.15) is 0 Å². The SMILES string of the molecule is Cc1ccc(-c2csc3ccccc23)c(C)c1N1c2cc(C(C)(C)C)cc3c2B(c2c1oc1ccc(C(C)(C)C)cc21)c1c(oc2ccc(C(C)(C)C)cc12)N3c1c(C)ccc(-c2csc3ccccc23)c1C. The van der Waals surface area contributed by atoms with E-state index in [9.17, 15) is 0 Å². The highest BCUT2D eigenvalue weighted by Gasteiger charge is 2.50. The maximum atomic E-state index is 7.52. The minimum absolute atomic E-state index is 0.0888. The Labute approximate surface area is 438 Å². The van der Waals surface area contributed by atoms with Gasteiger partial charge in [-0.05, 0) is 159 Å². The molecular formula is C66H61BN2O2S2. The number of hydrogen-bond acceptors (Lipinski definition) is 6. The number of fused-ring (bicyclic) bond motifs is 10. The van der Waals surface area contributed by atoms with E-state index in [-0.39, 0.29) is 23.0 Å². The quantitative estimate of drug-likeness (QED) is 0.165. The van der Waals surface area contributed by atoms with Crippen molar-refractivity contribution < 1.29 is 8.83 Å². The Bertz CT molecular complexity index is 3870. The summed E-state index contributed by atoms with van der Waals surface area (Å²) in [5, 5.41) is 9.53. The van der Waals surface area contributed by atoms with Crippen LogP contribution in [0, 0.1) is 27.7 Å². The van der Waals surface area contributed by atoms with Gasteiger partial charge in [0.2, 0.25) is 11.8 Å². The van der Waals surface area contributed by atoms with E-state index < -0.39 is 0 Å². The van der Waals surface area contributed by atoms with Crippen molar-refractivity contribution in [2.75, 3.05) is 9.80 Å². The topological polar surface area (TPSA) is 32.8 Å². The van der Waals surface area contributed by atoms with Crippen LogP contribution in [0.1, 0.15) is 101 Å². The monoisotopic (exact) mass is 988 g/mol. The molecule has 0 saturated carbocycles. The number of hydrogen-bond donors (Lipinski definition) is 0. The van der Waals surface area contributed by atoms with E-state index in [1.165, 1.54) is 97.8 Å². The van der Waals surface area contributed by atoms with Gasteiger partial charge in [0.05, 0.1) is 11.4 Å². The zero-order valence-electron chi connectivity index (χ0n) is 44.3. The van der Waals surface area contributed by atoms with Crippen LogP contribution in [0.25, 0.3) is 64.4 Å². The van der Waals surface area contributed by atoms with Crippen molar-refractivity contribution in [2.24, 2.45) is 0 Å². The Hall–Kier alpha value is -6.80. The molecule has 11 aromatic rings.